The first-order valence-electron chi connectivity index (χ1n) is 17.9. The number of rotatable bonds is 14. The summed E-state index contributed by atoms with van der Waals surface area (Å²) in [6.07, 6.45) is 1.85. The number of nitrogens with two attached hydrogens (primary N) is 1. The van der Waals surface area contributed by atoms with Gasteiger partial charge in [-0.25, -0.2) is 8.42 Å². The lowest BCUT2D eigenvalue weighted by Crippen LogP contribution is -2.15. The van der Waals surface area contributed by atoms with E-state index < -0.39 is 72.5 Å². The summed E-state index contributed by atoms with van der Waals surface area (Å²) in [5, 5.41) is 30.9. The molecule has 0 atom stereocenters. The quantitative estimate of drug-likeness (QED) is 0.0339. The molecule has 6 rings (SSSR count). The number of allylic oxidation sites excluding steroid dienone is 1. The van der Waals surface area contributed by atoms with Crippen LogP contribution in [0.3, 0.4) is 0 Å². The van der Waals surface area contributed by atoms with Crippen LogP contribution in [0.5, 0.6) is 5.75 Å². The van der Waals surface area contributed by atoms with Crippen molar-refractivity contribution in [1.29, 1.82) is 0 Å². The molecule has 31 heteroatoms. The van der Waals surface area contributed by atoms with Gasteiger partial charge in [0.05, 0.1) is 21.7 Å². The van der Waals surface area contributed by atoms with Crippen molar-refractivity contribution in [3.63, 3.8) is 0 Å². The number of nitrogens with zero attached hydrogens (tertiary/aromatic N) is 8. The molecule has 356 valence electrons. The molecular weight excluding hydrogens is 1020 g/mol. The first-order valence-corrected chi connectivity index (χ1v) is 24.7. The number of hydrogen-bond donors (Lipinski definition) is 5. The Balaban J connectivity index is 0.00000117. The molecule has 0 bridgehead atoms. The van der Waals surface area contributed by atoms with E-state index in [1.165, 1.54) is 53.4 Å². The number of sulfone groups is 1. The zero-order chi connectivity index (χ0) is 50.7. The van der Waals surface area contributed by atoms with Crippen molar-refractivity contribution in [1.82, 2.24) is 15.0 Å². The highest BCUT2D eigenvalue weighted by Gasteiger charge is 2.24. The topological polar surface area (TPSA) is 395 Å². The van der Waals surface area contributed by atoms with Gasteiger partial charge in [0, 0.05) is 23.8 Å². The van der Waals surface area contributed by atoms with Crippen molar-refractivity contribution in [2.24, 2.45) is 20.5 Å². The summed E-state index contributed by atoms with van der Waals surface area (Å²) in [7, 11) is -18.1. The number of aromatic hydroxyl groups is 1. The van der Waals surface area contributed by atoms with Gasteiger partial charge in [0.15, 0.2) is 15.6 Å². The van der Waals surface area contributed by atoms with Crippen LogP contribution in [0.2, 0.25) is 5.28 Å². The predicted octanol–water partition coefficient (Wildman–Crippen LogP) is 6.44. The van der Waals surface area contributed by atoms with E-state index in [4.69, 9.17) is 42.6 Å². The van der Waals surface area contributed by atoms with Crippen LogP contribution in [0.4, 0.5) is 51.7 Å². The molecule has 0 aliphatic carbocycles. The van der Waals surface area contributed by atoms with E-state index in [2.05, 4.69) is 53.9 Å². The minimum Gasteiger partial charge on any atom is -0.505 e. The number of aromatic nitrogens is 3. The minimum atomic E-state index is -5.01. The Bertz CT molecular complexity index is 3580. The normalized spacial score (nSPS) is 11.5. The first-order chi connectivity index (χ1) is 31.7. The number of anilines is 5. The van der Waals surface area contributed by atoms with E-state index in [0.717, 1.165) is 11.5 Å². The summed E-state index contributed by atoms with van der Waals surface area (Å²) in [5.41, 5.74) is 6.53. The zero-order valence-corrected chi connectivity index (χ0v) is 39.0. The Kier molecular flexibility index (Phi) is 17.5. The van der Waals surface area contributed by atoms with Crippen molar-refractivity contribution >= 4 is 125 Å². The Hall–Kier alpha value is -7.45. The lowest BCUT2D eigenvalue weighted by molar-refractivity contribution is 0.472. The SMILES string of the molecule is C=CCc1ccc(N=Nc2ccc3cc(S(=O)(=O)O)c(N=Nc4cccc(Nc5nc(Cl)nc(N(C)c6cccc(S(=O)(=O)C=C)c6)n5)c4)c(O)c3c2N)c(S(=O)(=O)O)c1.O=S(=O)=O.O=S(=O)=O. The summed E-state index contributed by atoms with van der Waals surface area (Å²) in [6, 6.07) is 19.8. The molecule has 0 aliphatic heterocycles. The number of hydrogen-bond acceptors (Lipinski definition) is 23. The number of phenolic OH excluding ortho intramolecular Hbond substituents is 1. The highest BCUT2D eigenvalue weighted by molar-refractivity contribution is 7.94. The van der Waals surface area contributed by atoms with Gasteiger partial charge in [-0.15, -0.1) is 47.2 Å². The van der Waals surface area contributed by atoms with Gasteiger partial charge in [0.25, 0.3) is 20.2 Å². The smallest absolute Gasteiger partial charge is 0.425 e. The molecular formula is C37H31ClN10O15S5. The first kappa shape index (κ1) is 53.2. The van der Waals surface area contributed by atoms with Crippen LogP contribution in [-0.4, -0.2) is 86.7 Å². The van der Waals surface area contributed by atoms with Crippen LogP contribution >= 0.6 is 11.6 Å². The monoisotopic (exact) mass is 1050 g/mol. The van der Waals surface area contributed by atoms with Crippen LogP contribution in [0.15, 0.2) is 145 Å². The minimum absolute atomic E-state index is 0.00289. The molecule has 0 saturated carbocycles. The second-order valence-electron chi connectivity index (χ2n) is 12.9. The van der Waals surface area contributed by atoms with E-state index in [-0.39, 0.29) is 55.6 Å². The van der Waals surface area contributed by atoms with Crippen molar-refractivity contribution in [3.8, 4) is 5.75 Å². The van der Waals surface area contributed by atoms with E-state index in [9.17, 15) is 39.5 Å². The van der Waals surface area contributed by atoms with Gasteiger partial charge in [-0.1, -0.05) is 36.9 Å². The van der Waals surface area contributed by atoms with E-state index >= 15 is 0 Å². The molecule has 6 aromatic rings. The van der Waals surface area contributed by atoms with Crippen LogP contribution in [-0.2, 0) is 57.7 Å². The summed E-state index contributed by atoms with van der Waals surface area (Å²) >= 11 is 6.22. The molecule has 1 aromatic heterocycles. The molecule has 0 fully saturated rings. The lowest BCUT2D eigenvalue weighted by Gasteiger charge is -2.18. The highest BCUT2D eigenvalue weighted by atomic mass is 35.5. The predicted molar refractivity (Wildman–Crippen MR) is 244 cm³/mol. The van der Waals surface area contributed by atoms with Crippen LogP contribution in [0, 0.1) is 0 Å². The molecule has 0 unspecified atom stereocenters. The molecule has 0 aliphatic rings. The van der Waals surface area contributed by atoms with Crippen LogP contribution in [0.25, 0.3) is 10.8 Å². The van der Waals surface area contributed by atoms with Crippen molar-refractivity contribution in [3.05, 3.63) is 120 Å². The number of nitrogen functional groups attached to an aromatic ring is 1. The third-order valence-electron chi connectivity index (χ3n) is 8.48. The zero-order valence-electron chi connectivity index (χ0n) is 34.2. The van der Waals surface area contributed by atoms with Gasteiger partial charge >= 0.3 is 21.2 Å². The van der Waals surface area contributed by atoms with Gasteiger partial charge in [0.1, 0.15) is 26.9 Å². The number of nitrogens with one attached hydrogen (secondary N) is 1. The highest BCUT2D eigenvalue weighted by Crippen LogP contribution is 2.46. The Morgan fingerprint density at radius 2 is 1.38 bits per heavy atom. The summed E-state index contributed by atoms with van der Waals surface area (Å²) in [6.45, 7) is 6.96. The summed E-state index contributed by atoms with van der Waals surface area (Å²) in [5.74, 6) is -0.774. The third kappa shape index (κ3) is 14.3. The van der Waals surface area contributed by atoms with Gasteiger partial charge in [-0.2, -0.15) is 36.9 Å². The van der Waals surface area contributed by atoms with Gasteiger partial charge < -0.3 is 21.1 Å². The van der Waals surface area contributed by atoms with Gasteiger partial charge in [-0.3, -0.25) is 9.11 Å². The molecule has 6 N–H and O–H groups in total. The molecule has 0 amide bonds. The molecule has 0 radical (unpaired) electrons. The second kappa shape index (κ2) is 22.4. The molecule has 25 nitrogen and oxygen atoms in total. The van der Waals surface area contributed by atoms with Crippen molar-refractivity contribution < 1.29 is 64.7 Å². The second-order valence-corrected chi connectivity index (χ2v) is 18.7. The largest absolute Gasteiger partial charge is 0.505 e. The maximum absolute atomic E-state index is 12.5. The number of fused-ring (bicyclic) bond motifs is 1. The Morgan fingerprint density at radius 1 is 0.765 bits per heavy atom. The molecule has 0 spiro atoms. The molecule has 68 heavy (non-hydrogen) atoms. The fourth-order valence-corrected chi connectivity index (χ4v) is 7.83. The van der Waals surface area contributed by atoms with E-state index in [1.54, 1.807) is 43.5 Å². The fourth-order valence-electron chi connectivity index (χ4n) is 5.59. The standard InChI is InChI=1S/C37H31ClN10O9S3.2O3S/c1-4-8-21-13-15-27(29(17-21)59(52,53)54)45-46-28-16-14-22-18-30(60(55,56)57)33(34(49)31(22)32(28)39)47-44-24-10-6-9-23(19-24)40-36-41-35(38)42-37(43-36)48(3)25-11-7-12-26(20-25)58(50,51)5-2;2*1-4(2)3/h4-7,9-20,49H,1-2,8,39H2,3H3,(H,52,53,54)(H,55,56,57)(H,40,41,42,43);;. The number of azo groups is 2. The maximum Gasteiger partial charge on any atom is 0.425 e. The fraction of sp³-hybridized carbons (Fsp3) is 0.0541. The maximum atomic E-state index is 12.5. The average molecular weight is 1050 g/mol. The van der Waals surface area contributed by atoms with Crippen molar-refractivity contribution in [2.45, 2.75) is 21.1 Å². The number of benzene rings is 5. The third-order valence-corrected chi connectivity index (χ3v) is 11.7. The lowest BCUT2D eigenvalue weighted by atomic mass is 10.1. The van der Waals surface area contributed by atoms with Crippen LogP contribution < -0.4 is 16.0 Å². The Morgan fingerprint density at radius 3 is 2.00 bits per heavy atom. The van der Waals surface area contributed by atoms with E-state index in [1.807, 2.05) is 0 Å². The number of phenols is 1. The summed E-state index contributed by atoms with van der Waals surface area (Å²) in [4.78, 5) is 12.8. The average Bonchev–Trinajstić information content (AvgIpc) is 3.24. The van der Waals surface area contributed by atoms with Gasteiger partial charge in [-0.05, 0) is 89.6 Å². The Labute approximate surface area is 393 Å². The van der Waals surface area contributed by atoms with Crippen LogP contribution in [0.1, 0.15) is 5.56 Å². The molecule has 1 heterocycles. The van der Waals surface area contributed by atoms with Crippen molar-refractivity contribution in [2.75, 3.05) is 23.0 Å². The van der Waals surface area contributed by atoms with Gasteiger partial charge in [0.2, 0.25) is 17.2 Å². The molecule has 0 saturated heterocycles. The number of halogens is 1. The molecule has 5 aromatic carbocycles. The summed E-state index contributed by atoms with van der Waals surface area (Å²) < 4.78 is 144. The van der Waals surface area contributed by atoms with E-state index in [0.29, 0.717) is 23.4 Å².